The average molecular weight is 355 g/mol. The van der Waals surface area contributed by atoms with Gasteiger partial charge in [-0.25, -0.2) is 9.67 Å². The number of nitrogens with zero attached hydrogens (tertiary/aromatic N) is 2. The molecular weight excluding hydrogens is 334 g/mol. The van der Waals surface area contributed by atoms with Crippen LogP contribution in [-0.2, 0) is 6.42 Å². The summed E-state index contributed by atoms with van der Waals surface area (Å²) in [6.45, 7) is 2.08. The molecule has 4 aromatic rings. The van der Waals surface area contributed by atoms with Crippen molar-refractivity contribution in [1.29, 1.82) is 0 Å². The minimum absolute atomic E-state index is 0.0299. The molecule has 2 aromatic heterocycles. The van der Waals surface area contributed by atoms with E-state index in [4.69, 9.17) is 0 Å². The summed E-state index contributed by atoms with van der Waals surface area (Å²) in [7, 11) is 0. The molecular formula is C23H21N3O. The Morgan fingerprint density at radius 3 is 2.19 bits per heavy atom. The molecule has 2 aromatic carbocycles. The second kappa shape index (κ2) is 7.46. The van der Waals surface area contributed by atoms with Crippen molar-refractivity contribution in [2.45, 2.75) is 19.8 Å². The number of hydrogen-bond acceptors (Lipinski definition) is 2. The molecule has 0 amide bonds. The maximum absolute atomic E-state index is 12.9. The van der Waals surface area contributed by atoms with Gasteiger partial charge in [-0.05, 0) is 35.2 Å². The van der Waals surface area contributed by atoms with E-state index in [2.05, 4.69) is 53.4 Å². The lowest BCUT2D eigenvalue weighted by molar-refractivity contribution is 0.814. The van der Waals surface area contributed by atoms with E-state index < -0.39 is 0 Å². The summed E-state index contributed by atoms with van der Waals surface area (Å²) in [4.78, 5) is 17.2. The molecule has 0 saturated heterocycles. The molecule has 2 heterocycles. The standard InChI is InChI=1S/C23H21N3O/c1-2-8-20-22(25-26(23(20)27)21-11-6-7-16-24-21)19-14-12-18(13-15-19)17-9-4-3-5-10-17/h3-7,9-16,25H,2,8H2,1H3. The van der Waals surface area contributed by atoms with Crippen molar-refractivity contribution in [3.8, 4) is 28.2 Å². The van der Waals surface area contributed by atoms with E-state index in [0.29, 0.717) is 5.82 Å². The quantitative estimate of drug-likeness (QED) is 0.556. The molecule has 134 valence electrons. The van der Waals surface area contributed by atoms with Gasteiger partial charge in [0.1, 0.15) is 0 Å². The van der Waals surface area contributed by atoms with Crippen molar-refractivity contribution in [3.63, 3.8) is 0 Å². The number of aromatic amines is 1. The van der Waals surface area contributed by atoms with Crippen LogP contribution in [0.2, 0.25) is 0 Å². The van der Waals surface area contributed by atoms with Crippen LogP contribution in [0.4, 0.5) is 0 Å². The summed E-state index contributed by atoms with van der Waals surface area (Å²) < 4.78 is 1.53. The van der Waals surface area contributed by atoms with E-state index in [1.54, 1.807) is 6.20 Å². The van der Waals surface area contributed by atoms with Crippen molar-refractivity contribution in [3.05, 3.63) is 94.9 Å². The Morgan fingerprint density at radius 2 is 1.52 bits per heavy atom. The van der Waals surface area contributed by atoms with Crippen LogP contribution in [0.25, 0.3) is 28.2 Å². The number of nitrogens with one attached hydrogen (secondary N) is 1. The van der Waals surface area contributed by atoms with Crippen molar-refractivity contribution < 1.29 is 0 Å². The Balaban J connectivity index is 1.78. The molecule has 0 fully saturated rings. The third-order valence-electron chi connectivity index (χ3n) is 4.65. The summed E-state index contributed by atoms with van der Waals surface area (Å²) in [5.74, 6) is 0.604. The molecule has 0 atom stereocenters. The molecule has 4 nitrogen and oxygen atoms in total. The van der Waals surface area contributed by atoms with E-state index in [0.717, 1.165) is 35.2 Å². The van der Waals surface area contributed by atoms with E-state index in [1.807, 2.05) is 36.4 Å². The zero-order chi connectivity index (χ0) is 18.6. The van der Waals surface area contributed by atoms with Gasteiger partial charge < -0.3 is 0 Å². The van der Waals surface area contributed by atoms with Gasteiger partial charge in [-0.2, -0.15) is 0 Å². The van der Waals surface area contributed by atoms with Gasteiger partial charge in [0, 0.05) is 11.8 Å². The maximum atomic E-state index is 12.9. The Hall–Kier alpha value is -3.40. The summed E-state index contributed by atoms with van der Waals surface area (Å²) >= 11 is 0. The van der Waals surface area contributed by atoms with Crippen LogP contribution in [0, 0.1) is 0 Å². The number of pyridine rings is 1. The van der Waals surface area contributed by atoms with Gasteiger partial charge in [0.15, 0.2) is 5.82 Å². The fourth-order valence-electron chi connectivity index (χ4n) is 3.30. The van der Waals surface area contributed by atoms with Crippen LogP contribution in [0.5, 0.6) is 0 Å². The van der Waals surface area contributed by atoms with Crippen molar-refractivity contribution in [2.75, 3.05) is 0 Å². The fourth-order valence-corrected chi connectivity index (χ4v) is 3.30. The second-order valence-electron chi connectivity index (χ2n) is 6.49. The number of H-pyrrole nitrogens is 1. The first kappa shape index (κ1) is 17.0. The van der Waals surface area contributed by atoms with Gasteiger partial charge in [0.25, 0.3) is 5.56 Å². The SMILES string of the molecule is CCCc1c(-c2ccc(-c3ccccc3)cc2)[nH]n(-c2ccccn2)c1=O. The minimum atomic E-state index is -0.0299. The highest BCUT2D eigenvalue weighted by molar-refractivity contribution is 5.70. The van der Waals surface area contributed by atoms with Crippen LogP contribution >= 0.6 is 0 Å². The van der Waals surface area contributed by atoms with Crippen LogP contribution in [0.1, 0.15) is 18.9 Å². The van der Waals surface area contributed by atoms with Crippen LogP contribution in [-0.4, -0.2) is 14.8 Å². The van der Waals surface area contributed by atoms with E-state index in [9.17, 15) is 4.79 Å². The summed E-state index contributed by atoms with van der Waals surface area (Å²) in [6.07, 6.45) is 3.33. The highest BCUT2D eigenvalue weighted by Gasteiger charge is 2.16. The highest BCUT2D eigenvalue weighted by atomic mass is 16.1. The monoisotopic (exact) mass is 355 g/mol. The zero-order valence-electron chi connectivity index (χ0n) is 15.2. The van der Waals surface area contributed by atoms with Crippen molar-refractivity contribution >= 4 is 0 Å². The first-order chi connectivity index (χ1) is 13.3. The van der Waals surface area contributed by atoms with Gasteiger partial charge in [-0.15, -0.1) is 0 Å². The fraction of sp³-hybridized carbons (Fsp3) is 0.130. The molecule has 0 aliphatic heterocycles. The maximum Gasteiger partial charge on any atom is 0.276 e. The molecule has 27 heavy (non-hydrogen) atoms. The first-order valence-electron chi connectivity index (χ1n) is 9.19. The summed E-state index contributed by atoms with van der Waals surface area (Å²) in [6, 6.07) is 24.1. The number of aromatic nitrogens is 3. The van der Waals surface area contributed by atoms with E-state index in [-0.39, 0.29) is 5.56 Å². The van der Waals surface area contributed by atoms with Gasteiger partial charge >= 0.3 is 0 Å². The normalized spacial score (nSPS) is 10.9. The van der Waals surface area contributed by atoms with E-state index >= 15 is 0 Å². The second-order valence-corrected chi connectivity index (χ2v) is 6.49. The van der Waals surface area contributed by atoms with Crippen LogP contribution in [0.15, 0.2) is 83.8 Å². The molecule has 0 aliphatic rings. The summed E-state index contributed by atoms with van der Waals surface area (Å²) in [5, 5.41) is 3.27. The Bertz CT molecular complexity index is 1080. The molecule has 1 N–H and O–H groups in total. The molecule has 4 rings (SSSR count). The highest BCUT2D eigenvalue weighted by Crippen LogP contribution is 2.26. The molecule has 0 unspecified atom stereocenters. The van der Waals surface area contributed by atoms with Gasteiger partial charge in [-0.1, -0.05) is 74.0 Å². The number of benzene rings is 2. The molecule has 0 bridgehead atoms. The van der Waals surface area contributed by atoms with Crippen molar-refractivity contribution in [2.24, 2.45) is 0 Å². The largest absolute Gasteiger partial charge is 0.289 e. The number of hydrogen-bond donors (Lipinski definition) is 1. The molecule has 0 saturated carbocycles. The van der Waals surface area contributed by atoms with Gasteiger partial charge in [-0.3, -0.25) is 9.89 Å². The summed E-state index contributed by atoms with van der Waals surface area (Å²) in [5.41, 5.74) is 4.98. The minimum Gasteiger partial charge on any atom is -0.289 e. The Kier molecular flexibility index (Phi) is 4.71. The molecule has 4 heteroatoms. The average Bonchev–Trinajstić information content (AvgIpc) is 3.06. The molecule has 0 radical (unpaired) electrons. The van der Waals surface area contributed by atoms with Crippen molar-refractivity contribution in [1.82, 2.24) is 14.8 Å². The number of rotatable bonds is 5. The van der Waals surface area contributed by atoms with Gasteiger partial charge in [0.05, 0.1) is 5.69 Å². The molecule has 0 aliphatic carbocycles. The topological polar surface area (TPSA) is 50.7 Å². The van der Waals surface area contributed by atoms with Crippen LogP contribution in [0.3, 0.4) is 0 Å². The third kappa shape index (κ3) is 3.34. The molecule has 0 spiro atoms. The lowest BCUT2D eigenvalue weighted by atomic mass is 10.0. The Morgan fingerprint density at radius 1 is 0.852 bits per heavy atom. The lowest BCUT2D eigenvalue weighted by Gasteiger charge is -2.05. The van der Waals surface area contributed by atoms with Gasteiger partial charge in [0.2, 0.25) is 0 Å². The lowest BCUT2D eigenvalue weighted by Crippen LogP contribution is -2.18. The first-order valence-corrected chi connectivity index (χ1v) is 9.19. The predicted octanol–water partition coefficient (Wildman–Crippen LogP) is 4.85. The smallest absolute Gasteiger partial charge is 0.276 e. The zero-order valence-corrected chi connectivity index (χ0v) is 15.2. The predicted molar refractivity (Wildman–Crippen MR) is 109 cm³/mol. The van der Waals surface area contributed by atoms with E-state index in [1.165, 1.54) is 10.2 Å². The Labute approximate surface area is 158 Å². The third-order valence-corrected chi connectivity index (χ3v) is 4.65. The van der Waals surface area contributed by atoms with Crippen LogP contribution < -0.4 is 5.56 Å².